The Morgan fingerprint density at radius 3 is 2.93 bits per heavy atom. The minimum atomic E-state index is -0.822. The van der Waals surface area contributed by atoms with Crippen molar-refractivity contribution >= 4 is 11.5 Å². The molecule has 0 heterocycles. The molecule has 0 spiro atoms. The summed E-state index contributed by atoms with van der Waals surface area (Å²) in [4.78, 5) is 10.5. The number of hydrogen-bond donors (Lipinski definition) is 2. The molecule has 72 valence electrons. The summed E-state index contributed by atoms with van der Waals surface area (Å²) >= 11 is 0. The van der Waals surface area contributed by atoms with Crippen LogP contribution in [0.5, 0.6) is 5.75 Å². The number of rotatable bonds is 2. The highest BCUT2D eigenvalue weighted by molar-refractivity contribution is 5.86. The number of carboxylic acids is 1. The molecule has 0 aromatic heterocycles. The lowest BCUT2D eigenvalue weighted by Gasteiger charge is -2.03. The summed E-state index contributed by atoms with van der Waals surface area (Å²) in [5.74, 6) is -0.592. The molecule has 1 aliphatic carbocycles. The maximum atomic E-state index is 10.5. The average molecular weight is 190 g/mol. The molecule has 0 amide bonds. The second-order valence-corrected chi connectivity index (χ2v) is 3.35. The van der Waals surface area contributed by atoms with E-state index in [2.05, 4.69) is 0 Å². The Balaban J connectivity index is 2.32. The van der Waals surface area contributed by atoms with Gasteiger partial charge in [-0.15, -0.1) is 0 Å². The van der Waals surface area contributed by atoms with Crippen LogP contribution in [0.1, 0.15) is 17.5 Å². The first-order chi connectivity index (χ1) is 6.66. The molecule has 1 aromatic carbocycles. The van der Waals surface area contributed by atoms with E-state index in [1.165, 1.54) is 0 Å². The Kier molecular flexibility index (Phi) is 2.00. The molecule has 0 saturated carbocycles. The normalized spacial score (nSPS) is 13.6. The zero-order valence-corrected chi connectivity index (χ0v) is 7.53. The highest BCUT2D eigenvalue weighted by Gasteiger charge is 2.16. The zero-order chi connectivity index (χ0) is 10.1. The number of carboxylic acid groups (broad SMARTS) is 1. The van der Waals surface area contributed by atoms with Crippen molar-refractivity contribution in [3.63, 3.8) is 0 Å². The van der Waals surface area contributed by atoms with E-state index in [1.807, 2.05) is 6.08 Å². The summed E-state index contributed by atoms with van der Waals surface area (Å²) in [5.41, 5.74) is 2.79. The fourth-order valence-electron chi connectivity index (χ4n) is 1.74. The van der Waals surface area contributed by atoms with Gasteiger partial charge in [0.15, 0.2) is 0 Å². The number of allylic oxidation sites excluding steroid dienone is 1. The molecule has 0 aliphatic heterocycles. The van der Waals surface area contributed by atoms with Crippen LogP contribution in [0.25, 0.3) is 5.57 Å². The van der Waals surface area contributed by atoms with E-state index in [0.717, 1.165) is 16.7 Å². The quantitative estimate of drug-likeness (QED) is 0.747. The average Bonchev–Trinajstić information content (AvgIpc) is 2.47. The van der Waals surface area contributed by atoms with E-state index in [1.54, 1.807) is 18.2 Å². The summed E-state index contributed by atoms with van der Waals surface area (Å²) in [7, 11) is 0. The molecule has 3 nitrogen and oxygen atoms in total. The molecule has 0 atom stereocenters. The molecular weight excluding hydrogens is 180 g/mol. The minimum absolute atomic E-state index is 0.0533. The maximum absolute atomic E-state index is 10.5. The largest absolute Gasteiger partial charge is 0.508 e. The Morgan fingerprint density at radius 2 is 2.21 bits per heavy atom. The summed E-state index contributed by atoms with van der Waals surface area (Å²) in [6, 6.07) is 5.03. The van der Waals surface area contributed by atoms with Gasteiger partial charge in [-0.1, -0.05) is 12.1 Å². The molecule has 3 heteroatoms. The van der Waals surface area contributed by atoms with E-state index in [-0.39, 0.29) is 12.2 Å². The van der Waals surface area contributed by atoms with Crippen molar-refractivity contribution < 1.29 is 15.0 Å². The Bertz CT molecular complexity index is 419. The van der Waals surface area contributed by atoms with E-state index in [0.29, 0.717) is 6.42 Å². The predicted molar refractivity (Wildman–Crippen MR) is 52.0 cm³/mol. The number of hydrogen-bond acceptors (Lipinski definition) is 2. The third-order valence-corrected chi connectivity index (χ3v) is 2.34. The van der Waals surface area contributed by atoms with Crippen molar-refractivity contribution in [2.45, 2.75) is 12.8 Å². The number of phenolic OH excluding ortho intramolecular Hbond substituents is 1. The highest BCUT2D eigenvalue weighted by atomic mass is 16.4. The number of phenols is 1. The second-order valence-electron chi connectivity index (χ2n) is 3.35. The third-order valence-electron chi connectivity index (χ3n) is 2.34. The van der Waals surface area contributed by atoms with Crippen molar-refractivity contribution in [1.29, 1.82) is 0 Å². The molecule has 0 unspecified atom stereocenters. The smallest absolute Gasteiger partial charge is 0.307 e. The fraction of sp³-hybridized carbons (Fsp3) is 0.182. The lowest BCUT2D eigenvalue weighted by Crippen LogP contribution is -1.95. The van der Waals surface area contributed by atoms with Gasteiger partial charge in [-0.05, 0) is 35.3 Å². The van der Waals surface area contributed by atoms with Crippen LogP contribution < -0.4 is 0 Å². The predicted octanol–water partition coefficient (Wildman–Crippen LogP) is 1.81. The molecule has 0 radical (unpaired) electrons. The molecule has 14 heavy (non-hydrogen) atoms. The summed E-state index contributed by atoms with van der Waals surface area (Å²) in [5, 5.41) is 17.9. The van der Waals surface area contributed by atoms with Crippen LogP contribution >= 0.6 is 0 Å². The van der Waals surface area contributed by atoms with E-state index >= 15 is 0 Å². The SMILES string of the molecule is O=C(O)CC1=CCc2cc(O)ccc21. The van der Waals surface area contributed by atoms with Crippen LogP contribution in [0.4, 0.5) is 0 Å². The van der Waals surface area contributed by atoms with Gasteiger partial charge in [0.05, 0.1) is 6.42 Å². The minimum Gasteiger partial charge on any atom is -0.508 e. The van der Waals surface area contributed by atoms with Gasteiger partial charge in [0.25, 0.3) is 0 Å². The second kappa shape index (κ2) is 3.18. The van der Waals surface area contributed by atoms with Crippen molar-refractivity contribution in [3.05, 3.63) is 35.4 Å². The first-order valence-corrected chi connectivity index (χ1v) is 4.40. The van der Waals surface area contributed by atoms with Gasteiger partial charge in [0, 0.05) is 0 Å². The van der Waals surface area contributed by atoms with Crippen molar-refractivity contribution in [2.24, 2.45) is 0 Å². The van der Waals surface area contributed by atoms with Gasteiger partial charge >= 0.3 is 5.97 Å². The molecule has 0 saturated heterocycles. The Labute approximate surface area is 81.3 Å². The van der Waals surface area contributed by atoms with Gasteiger partial charge in [0.1, 0.15) is 5.75 Å². The van der Waals surface area contributed by atoms with E-state index in [9.17, 15) is 9.90 Å². The topological polar surface area (TPSA) is 57.5 Å². The number of carbonyl (C=O) groups is 1. The summed E-state index contributed by atoms with van der Waals surface area (Å²) in [6.45, 7) is 0. The monoisotopic (exact) mass is 190 g/mol. The van der Waals surface area contributed by atoms with Crippen molar-refractivity contribution in [3.8, 4) is 5.75 Å². The van der Waals surface area contributed by atoms with Crippen LogP contribution in [0, 0.1) is 0 Å². The fourth-order valence-corrected chi connectivity index (χ4v) is 1.74. The lowest BCUT2D eigenvalue weighted by molar-refractivity contribution is -0.135. The molecule has 0 fully saturated rings. The first-order valence-electron chi connectivity index (χ1n) is 4.40. The first kappa shape index (κ1) is 8.81. The number of aliphatic carboxylic acids is 1. The number of benzene rings is 1. The molecule has 1 aliphatic rings. The van der Waals surface area contributed by atoms with Crippen molar-refractivity contribution in [2.75, 3.05) is 0 Å². The van der Waals surface area contributed by atoms with Crippen LogP contribution in [0.3, 0.4) is 0 Å². The number of fused-ring (bicyclic) bond motifs is 1. The Morgan fingerprint density at radius 1 is 1.43 bits per heavy atom. The summed E-state index contributed by atoms with van der Waals surface area (Å²) < 4.78 is 0. The van der Waals surface area contributed by atoms with Crippen LogP contribution in [0.15, 0.2) is 24.3 Å². The molecule has 2 N–H and O–H groups in total. The molecule has 0 bridgehead atoms. The van der Waals surface area contributed by atoms with Crippen molar-refractivity contribution in [1.82, 2.24) is 0 Å². The molecule has 2 rings (SSSR count). The molecular formula is C11H10O3. The van der Waals surface area contributed by atoms with Gasteiger partial charge in [-0.25, -0.2) is 0 Å². The van der Waals surface area contributed by atoms with E-state index in [4.69, 9.17) is 5.11 Å². The number of aromatic hydroxyl groups is 1. The molecule has 1 aromatic rings. The Hall–Kier alpha value is -1.77. The van der Waals surface area contributed by atoms with Gasteiger partial charge in [0.2, 0.25) is 0 Å². The van der Waals surface area contributed by atoms with Gasteiger partial charge in [-0.3, -0.25) is 4.79 Å². The lowest BCUT2D eigenvalue weighted by atomic mass is 10.0. The van der Waals surface area contributed by atoms with Crippen LogP contribution in [-0.4, -0.2) is 16.2 Å². The van der Waals surface area contributed by atoms with Gasteiger partial charge in [-0.2, -0.15) is 0 Å². The van der Waals surface area contributed by atoms with E-state index < -0.39 is 5.97 Å². The summed E-state index contributed by atoms with van der Waals surface area (Å²) in [6.07, 6.45) is 2.67. The van der Waals surface area contributed by atoms with Crippen LogP contribution in [-0.2, 0) is 11.2 Å². The van der Waals surface area contributed by atoms with Crippen LogP contribution in [0.2, 0.25) is 0 Å². The zero-order valence-electron chi connectivity index (χ0n) is 7.53. The maximum Gasteiger partial charge on any atom is 0.307 e. The standard InChI is InChI=1S/C11H10O3/c12-9-3-4-10-7(5-9)1-2-8(10)6-11(13)14/h2-5,12H,1,6H2,(H,13,14). The third kappa shape index (κ3) is 1.48. The highest BCUT2D eigenvalue weighted by Crippen LogP contribution is 2.31. The van der Waals surface area contributed by atoms with Gasteiger partial charge < -0.3 is 10.2 Å².